The zero-order chi connectivity index (χ0) is 36.1. The van der Waals surface area contributed by atoms with Crippen LogP contribution in [0, 0.1) is 0 Å². The number of rotatable bonds is 19. The average Bonchev–Trinajstić information content (AvgIpc) is 3.04. The predicted octanol–water partition coefficient (Wildman–Crippen LogP) is 2.61. The first-order valence-corrected chi connectivity index (χ1v) is 16.2. The second-order valence-corrected chi connectivity index (χ2v) is 13.1. The number of nitrogens with one attached hydrogen (secondary N) is 3. The molecule has 0 aliphatic heterocycles. The van der Waals surface area contributed by atoms with Crippen molar-refractivity contribution in [3.05, 3.63) is 59.2 Å². The molecule has 13 heteroatoms. The minimum absolute atomic E-state index is 0.0320. The van der Waals surface area contributed by atoms with Crippen molar-refractivity contribution in [1.29, 1.82) is 0 Å². The summed E-state index contributed by atoms with van der Waals surface area (Å²) in [5, 5.41) is 26.4. The minimum atomic E-state index is -1.25. The normalized spacial score (nSPS) is 12.7. The van der Waals surface area contributed by atoms with E-state index in [9.17, 15) is 24.3 Å². The first kappa shape index (κ1) is 39.4. The summed E-state index contributed by atoms with van der Waals surface area (Å²) in [6.45, 7) is 12.0. The molecule has 0 spiro atoms. The van der Waals surface area contributed by atoms with E-state index in [4.69, 9.17) is 21.3 Å². The minimum Gasteiger partial charge on any atom is -0.508 e. The number of carboxylic acids is 1. The van der Waals surface area contributed by atoms with Crippen LogP contribution in [-0.2, 0) is 36.4 Å². The van der Waals surface area contributed by atoms with Gasteiger partial charge in [-0.05, 0) is 65.8 Å². The van der Waals surface area contributed by atoms with Crippen LogP contribution in [0.25, 0.3) is 0 Å². The Kier molecular flexibility index (Phi) is 14.7. The Labute approximate surface area is 282 Å². The number of aliphatic imine (C=N–C) groups is 1. The van der Waals surface area contributed by atoms with Gasteiger partial charge in [0.15, 0.2) is 12.6 Å². The number of nitrogens with zero attached hydrogens (tertiary/aromatic N) is 1. The Bertz CT molecular complexity index is 1440. The monoisotopic (exact) mass is 668 g/mol. The SMILES string of the molecule is CCC(C)(C)c1ccc(OCC(=O)N[C@H](Cc2ccc(O)cc2)C(=O)N[C@H](CCCN=C(N)N)C(=O)NCC(=O)O)c(C(C)(C)CC)c1. The summed E-state index contributed by atoms with van der Waals surface area (Å²) in [5.41, 5.74) is 13.3. The van der Waals surface area contributed by atoms with E-state index < -0.39 is 42.3 Å². The van der Waals surface area contributed by atoms with E-state index in [0.29, 0.717) is 17.7 Å². The first-order valence-electron chi connectivity index (χ1n) is 16.2. The Morgan fingerprint density at radius 2 is 1.54 bits per heavy atom. The fourth-order valence-electron chi connectivity index (χ4n) is 4.79. The molecule has 0 heterocycles. The third-order valence-electron chi connectivity index (χ3n) is 8.64. The fourth-order valence-corrected chi connectivity index (χ4v) is 4.79. The number of carbonyl (C=O) groups is 4. The van der Waals surface area contributed by atoms with Crippen LogP contribution in [0.15, 0.2) is 47.5 Å². The molecule has 2 aromatic rings. The van der Waals surface area contributed by atoms with Crippen molar-refractivity contribution in [2.75, 3.05) is 19.7 Å². The first-order chi connectivity index (χ1) is 22.5. The van der Waals surface area contributed by atoms with Gasteiger partial charge in [0.1, 0.15) is 30.1 Å². The molecule has 0 bridgehead atoms. The molecule has 9 N–H and O–H groups in total. The fraction of sp³-hybridized carbons (Fsp3) is 0.514. The van der Waals surface area contributed by atoms with Gasteiger partial charge in [0.25, 0.3) is 5.91 Å². The number of guanidine groups is 1. The number of hydrogen-bond acceptors (Lipinski definition) is 7. The van der Waals surface area contributed by atoms with Crippen molar-refractivity contribution in [1.82, 2.24) is 16.0 Å². The predicted molar refractivity (Wildman–Crippen MR) is 185 cm³/mol. The maximum absolute atomic E-state index is 13.6. The molecule has 0 saturated carbocycles. The number of hydrogen-bond donors (Lipinski definition) is 7. The zero-order valence-corrected chi connectivity index (χ0v) is 28.9. The standard InChI is InChI=1S/C35H52N6O7/c1-7-34(3,4)23-13-16-28(25(19-23)35(5,6)8-2)48-21-29(43)40-27(18-22-11-14-24(42)15-12-22)32(47)41-26(10-9-17-38-33(36)37)31(46)39-20-30(44)45/h11-16,19,26-27,42H,7-10,17-18,20-21H2,1-6H3,(H,39,46)(H,40,43)(H,41,47)(H,44,45)(H4,36,37,38)/t26-,27-/m1/s1. The molecule has 2 aromatic carbocycles. The highest BCUT2D eigenvalue weighted by Crippen LogP contribution is 2.38. The molecule has 3 amide bonds. The average molecular weight is 669 g/mol. The highest BCUT2D eigenvalue weighted by Gasteiger charge is 2.29. The van der Waals surface area contributed by atoms with Gasteiger partial charge in [0.2, 0.25) is 11.8 Å². The summed E-state index contributed by atoms with van der Waals surface area (Å²) >= 11 is 0. The van der Waals surface area contributed by atoms with Gasteiger partial charge >= 0.3 is 5.97 Å². The smallest absolute Gasteiger partial charge is 0.322 e. The van der Waals surface area contributed by atoms with Crippen LogP contribution >= 0.6 is 0 Å². The molecule has 0 aliphatic carbocycles. The number of ether oxygens (including phenoxy) is 1. The lowest BCUT2D eigenvalue weighted by Gasteiger charge is -2.30. The largest absolute Gasteiger partial charge is 0.508 e. The molecule has 264 valence electrons. The van der Waals surface area contributed by atoms with Gasteiger partial charge in [-0.2, -0.15) is 0 Å². The number of carbonyl (C=O) groups excluding carboxylic acids is 3. The number of amides is 3. The molecule has 0 fully saturated rings. The van der Waals surface area contributed by atoms with Crippen molar-refractivity contribution in [2.24, 2.45) is 16.5 Å². The summed E-state index contributed by atoms with van der Waals surface area (Å²) in [4.78, 5) is 54.7. The Hall–Kier alpha value is -4.81. The van der Waals surface area contributed by atoms with E-state index in [1.165, 1.54) is 17.7 Å². The Morgan fingerprint density at radius 1 is 0.896 bits per heavy atom. The highest BCUT2D eigenvalue weighted by atomic mass is 16.5. The van der Waals surface area contributed by atoms with Crippen LogP contribution in [0.5, 0.6) is 11.5 Å². The number of benzene rings is 2. The molecular formula is C35H52N6O7. The molecule has 2 atom stereocenters. The van der Waals surface area contributed by atoms with E-state index in [2.05, 4.69) is 68.6 Å². The van der Waals surface area contributed by atoms with Gasteiger partial charge in [-0.15, -0.1) is 0 Å². The molecule has 13 nitrogen and oxygen atoms in total. The van der Waals surface area contributed by atoms with E-state index in [1.807, 2.05) is 12.1 Å². The van der Waals surface area contributed by atoms with Crippen LogP contribution in [0.4, 0.5) is 0 Å². The van der Waals surface area contributed by atoms with Crippen LogP contribution in [0.2, 0.25) is 0 Å². The van der Waals surface area contributed by atoms with E-state index >= 15 is 0 Å². The lowest BCUT2D eigenvalue weighted by molar-refractivity contribution is -0.138. The zero-order valence-electron chi connectivity index (χ0n) is 28.9. The molecule has 0 aliphatic rings. The highest BCUT2D eigenvalue weighted by molar-refractivity contribution is 5.93. The van der Waals surface area contributed by atoms with Gasteiger partial charge in [-0.1, -0.05) is 65.8 Å². The number of phenols is 1. The molecule has 0 aromatic heterocycles. The summed E-state index contributed by atoms with van der Waals surface area (Å²) in [6.07, 6.45) is 2.22. The lowest BCUT2D eigenvalue weighted by Crippen LogP contribution is -2.55. The number of aromatic hydroxyl groups is 1. The van der Waals surface area contributed by atoms with E-state index in [1.54, 1.807) is 12.1 Å². The number of carboxylic acid groups (broad SMARTS) is 1. The summed E-state index contributed by atoms with van der Waals surface area (Å²) in [6, 6.07) is 9.91. The Balaban J connectivity index is 2.30. The molecule has 0 unspecified atom stereocenters. The third-order valence-corrected chi connectivity index (χ3v) is 8.64. The van der Waals surface area contributed by atoms with Crippen molar-refractivity contribution in [3.8, 4) is 11.5 Å². The van der Waals surface area contributed by atoms with Gasteiger partial charge in [-0.25, -0.2) is 0 Å². The number of aliphatic carboxylic acids is 1. The van der Waals surface area contributed by atoms with Crippen LogP contribution in [-0.4, -0.2) is 71.6 Å². The van der Waals surface area contributed by atoms with Crippen molar-refractivity contribution < 1.29 is 34.1 Å². The van der Waals surface area contributed by atoms with E-state index in [0.717, 1.165) is 18.4 Å². The van der Waals surface area contributed by atoms with Crippen LogP contribution < -0.4 is 32.2 Å². The maximum Gasteiger partial charge on any atom is 0.322 e. The Morgan fingerprint density at radius 3 is 2.12 bits per heavy atom. The molecule has 2 rings (SSSR count). The molecule has 0 saturated heterocycles. The molecular weight excluding hydrogens is 616 g/mol. The van der Waals surface area contributed by atoms with Gasteiger partial charge in [0.05, 0.1) is 0 Å². The summed E-state index contributed by atoms with van der Waals surface area (Å²) in [5.74, 6) is -2.72. The summed E-state index contributed by atoms with van der Waals surface area (Å²) in [7, 11) is 0. The third kappa shape index (κ3) is 12.4. The second-order valence-electron chi connectivity index (χ2n) is 13.1. The topological polar surface area (TPSA) is 218 Å². The van der Waals surface area contributed by atoms with Crippen LogP contribution in [0.1, 0.15) is 83.9 Å². The molecule has 48 heavy (non-hydrogen) atoms. The van der Waals surface area contributed by atoms with Crippen molar-refractivity contribution in [3.63, 3.8) is 0 Å². The van der Waals surface area contributed by atoms with Crippen molar-refractivity contribution >= 4 is 29.7 Å². The second kappa shape index (κ2) is 17.9. The van der Waals surface area contributed by atoms with Crippen LogP contribution in [0.3, 0.4) is 0 Å². The maximum atomic E-state index is 13.6. The van der Waals surface area contributed by atoms with Gasteiger partial charge in [-0.3, -0.25) is 24.2 Å². The quantitative estimate of drug-likeness (QED) is 0.0664. The lowest BCUT2D eigenvalue weighted by atomic mass is 9.76. The van der Waals surface area contributed by atoms with E-state index in [-0.39, 0.29) is 48.5 Å². The number of phenolic OH excluding ortho intramolecular Hbond substituents is 1. The van der Waals surface area contributed by atoms with Gasteiger partial charge in [0, 0.05) is 18.5 Å². The molecule has 0 radical (unpaired) electrons. The number of nitrogens with two attached hydrogens (primary N) is 2. The van der Waals surface area contributed by atoms with Crippen molar-refractivity contribution in [2.45, 2.75) is 96.6 Å². The summed E-state index contributed by atoms with van der Waals surface area (Å²) < 4.78 is 6.06. The van der Waals surface area contributed by atoms with Gasteiger partial charge < -0.3 is 42.4 Å².